The number of benzene rings is 1. The Bertz CT molecular complexity index is 723. The van der Waals surface area contributed by atoms with Gasteiger partial charge in [-0.3, -0.25) is 0 Å². The van der Waals surface area contributed by atoms with Crippen molar-refractivity contribution in [3.63, 3.8) is 0 Å². The number of esters is 1. The first-order valence-corrected chi connectivity index (χ1v) is 8.55. The maximum absolute atomic E-state index is 12.4. The largest absolute Gasteiger partial charge is 0.534 e. The summed E-state index contributed by atoms with van der Waals surface area (Å²) in [6, 6.07) is 8.70. The van der Waals surface area contributed by atoms with Gasteiger partial charge < -0.3 is 8.92 Å². The van der Waals surface area contributed by atoms with Crippen molar-refractivity contribution in [3.8, 4) is 0 Å². The summed E-state index contributed by atoms with van der Waals surface area (Å²) < 4.78 is 68.8. The van der Waals surface area contributed by atoms with E-state index < -0.39 is 27.4 Å². The standard InChI is InChI=1S/C15H15F3O5S/c16-15(17,18)24(20,21)23-13-9-5-4-8-12(13)14(19)22-10-11-6-2-1-3-7-11/h1-3,6-7H,4-5,8-10H2. The van der Waals surface area contributed by atoms with Crippen LogP contribution < -0.4 is 0 Å². The van der Waals surface area contributed by atoms with Gasteiger partial charge in [0.15, 0.2) is 0 Å². The number of carbonyl (C=O) groups excluding carboxylic acids is 1. The molecule has 0 aliphatic heterocycles. The molecule has 24 heavy (non-hydrogen) atoms. The number of hydrogen-bond acceptors (Lipinski definition) is 5. The topological polar surface area (TPSA) is 69.7 Å². The van der Waals surface area contributed by atoms with Crippen molar-refractivity contribution in [2.45, 2.75) is 37.8 Å². The summed E-state index contributed by atoms with van der Waals surface area (Å²) in [5, 5.41) is 0. The van der Waals surface area contributed by atoms with Crippen LogP contribution in [0.3, 0.4) is 0 Å². The molecule has 5 nitrogen and oxygen atoms in total. The molecule has 0 radical (unpaired) electrons. The van der Waals surface area contributed by atoms with Crippen LogP contribution in [0, 0.1) is 0 Å². The molecule has 0 bridgehead atoms. The summed E-state index contributed by atoms with van der Waals surface area (Å²) in [5.74, 6) is -1.36. The van der Waals surface area contributed by atoms with Gasteiger partial charge in [-0.2, -0.15) is 21.6 Å². The molecular formula is C15H15F3O5S. The Balaban J connectivity index is 2.14. The van der Waals surface area contributed by atoms with Gasteiger partial charge in [0, 0.05) is 6.42 Å². The predicted molar refractivity (Wildman–Crippen MR) is 77.8 cm³/mol. The Morgan fingerprint density at radius 3 is 2.33 bits per heavy atom. The molecule has 9 heteroatoms. The molecule has 0 saturated carbocycles. The van der Waals surface area contributed by atoms with Crippen LogP contribution in [0.4, 0.5) is 13.2 Å². The van der Waals surface area contributed by atoms with Crippen LogP contribution >= 0.6 is 0 Å². The molecule has 0 unspecified atom stereocenters. The first-order chi connectivity index (χ1) is 11.2. The van der Waals surface area contributed by atoms with E-state index in [1.54, 1.807) is 30.3 Å². The number of halogens is 3. The third kappa shape index (κ3) is 4.50. The molecule has 1 aromatic carbocycles. The summed E-state index contributed by atoms with van der Waals surface area (Å²) in [7, 11) is -5.80. The van der Waals surface area contributed by atoms with Gasteiger partial charge in [-0.25, -0.2) is 4.79 Å². The van der Waals surface area contributed by atoms with Gasteiger partial charge in [-0.1, -0.05) is 30.3 Å². The van der Waals surface area contributed by atoms with Crippen LogP contribution in [-0.2, 0) is 30.4 Å². The first kappa shape index (κ1) is 18.3. The second-order valence-corrected chi connectivity index (χ2v) is 6.69. The smallest absolute Gasteiger partial charge is 0.457 e. The molecular weight excluding hydrogens is 349 g/mol. The van der Waals surface area contributed by atoms with Gasteiger partial charge >= 0.3 is 21.6 Å². The molecule has 0 fully saturated rings. The van der Waals surface area contributed by atoms with Crippen molar-refractivity contribution in [2.75, 3.05) is 0 Å². The fourth-order valence-electron chi connectivity index (χ4n) is 2.18. The van der Waals surface area contributed by atoms with Crippen molar-refractivity contribution < 1.29 is 35.3 Å². The summed E-state index contributed by atoms with van der Waals surface area (Å²) in [4.78, 5) is 12.1. The summed E-state index contributed by atoms with van der Waals surface area (Å²) >= 11 is 0. The zero-order valence-corrected chi connectivity index (χ0v) is 13.3. The predicted octanol–water partition coefficient (Wildman–Crippen LogP) is 3.42. The van der Waals surface area contributed by atoms with Crippen LogP contribution in [-0.4, -0.2) is 19.9 Å². The Kier molecular flexibility index (Phi) is 5.53. The average Bonchev–Trinajstić information content (AvgIpc) is 2.52. The van der Waals surface area contributed by atoms with E-state index in [1.807, 2.05) is 0 Å². The Hall–Kier alpha value is -2.03. The molecule has 0 N–H and O–H groups in total. The van der Waals surface area contributed by atoms with E-state index in [0.717, 1.165) is 0 Å². The second-order valence-electron chi connectivity index (χ2n) is 5.15. The lowest BCUT2D eigenvalue weighted by molar-refractivity contribution is -0.140. The molecule has 1 aromatic rings. The maximum Gasteiger partial charge on any atom is 0.534 e. The van der Waals surface area contributed by atoms with E-state index in [2.05, 4.69) is 4.18 Å². The molecule has 0 saturated heterocycles. The maximum atomic E-state index is 12.4. The quantitative estimate of drug-likeness (QED) is 0.455. The molecule has 132 valence electrons. The number of alkyl halides is 3. The highest BCUT2D eigenvalue weighted by molar-refractivity contribution is 7.87. The molecule has 0 amide bonds. The van der Waals surface area contributed by atoms with E-state index >= 15 is 0 Å². The first-order valence-electron chi connectivity index (χ1n) is 7.14. The van der Waals surface area contributed by atoms with Crippen molar-refractivity contribution in [3.05, 3.63) is 47.2 Å². The number of rotatable bonds is 5. The zero-order valence-electron chi connectivity index (χ0n) is 12.5. The summed E-state index contributed by atoms with van der Waals surface area (Å²) in [6.45, 7) is -0.0670. The van der Waals surface area contributed by atoms with Crippen LogP contribution in [0.15, 0.2) is 41.7 Å². The molecule has 0 atom stereocenters. The molecule has 0 spiro atoms. The van der Waals surface area contributed by atoms with Crippen molar-refractivity contribution >= 4 is 16.1 Å². The Labute approximate surface area is 137 Å². The average molecular weight is 364 g/mol. The lowest BCUT2D eigenvalue weighted by Gasteiger charge is -2.20. The van der Waals surface area contributed by atoms with E-state index in [9.17, 15) is 26.4 Å². The third-order valence-electron chi connectivity index (χ3n) is 3.37. The van der Waals surface area contributed by atoms with Gasteiger partial charge in [0.1, 0.15) is 12.4 Å². The highest BCUT2D eigenvalue weighted by Crippen LogP contribution is 2.33. The van der Waals surface area contributed by atoms with E-state index in [4.69, 9.17) is 4.74 Å². The van der Waals surface area contributed by atoms with Crippen LogP contribution in [0.2, 0.25) is 0 Å². The lowest BCUT2D eigenvalue weighted by Crippen LogP contribution is -2.27. The van der Waals surface area contributed by atoms with Crippen LogP contribution in [0.5, 0.6) is 0 Å². The zero-order chi connectivity index (χ0) is 17.8. The molecule has 1 aliphatic carbocycles. The fraction of sp³-hybridized carbons (Fsp3) is 0.400. The van der Waals surface area contributed by atoms with Gasteiger partial charge in [0.2, 0.25) is 0 Å². The SMILES string of the molecule is O=C(OCc1ccccc1)C1=C(OS(=O)(=O)C(F)(F)F)CCCC1. The summed E-state index contributed by atoms with van der Waals surface area (Å²) in [5.41, 5.74) is -5.01. The number of hydrogen-bond donors (Lipinski definition) is 0. The van der Waals surface area contributed by atoms with E-state index in [1.165, 1.54) is 0 Å². The third-order valence-corrected chi connectivity index (χ3v) is 4.36. The van der Waals surface area contributed by atoms with Crippen molar-refractivity contribution in [2.24, 2.45) is 0 Å². The number of allylic oxidation sites excluding steroid dienone is 1. The Morgan fingerprint density at radius 2 is 1.71 bits per heavy atom. The minimum Gasteiger partial charge on any atom is -0.457 e. The van der Waals surface area contributed by atoms with Gasteiger partial charge in [-0.05, 0) is 24.8 Å². The minimum absolute atomic E-state index is 0.0644. The van der Waals surface area contributed by atoms with Crippen molar-refractivity contribution in [1.29, 1.82) is 0 Å². The van der Waals surface area contributed by atoms with E-state index in [-0.39, 0.29) is 25.0 Å². The number of ether oxygens (including phenoxy) is 1. The van der Waals surface area contributed by atoms with Crippen molar-refractivity contribution in [1.82, 2.24) is 0 Å². The van der Waals surface area contributed by atoms with Crippen LogP contribution in [0.1, 0.15) is 31.2 Å². The molecule has 1 aliphatic rings. The number of carbonyl (C=O) groups is 1. The highest BCUT2D eigenvalue weighted by Gasteiger charge is 2.49. The van der Waals surface area contributed by atoms with Gasteiger partial charge in [-0.15, -0.1) is 0 Å². The van der Waals surface area contributed by atoms with Gasteiger partial charge in [0.25, 0.3) is 0 Å². The molecule has 2 rings (SSSR count). The minimum atomic E-state index is -5.80. The van der Waals surface area contributed by atoms with E-state index in [0.29, 0.717) is 18.4 Å². The van der Waals surface area contributed by atoms with Gasteiger partial charge in [0.05, 0.1) is 5.57 Å². The molecule has 0 heterocycles. The monoisotopic (exact) mass is 364 g/mol. The molecule has 0 aromatic heterocycles. The van der Waals surface area contributed by atoms with Crippen LogP contribution in [0.25, 0.3) is 0 Å². The Morgan fingerprint density at radius 1 is 1.08 bits per heavy atom. The highest BCUT2D eigenvalue weighted by atomic mass is 32.2. The summed E-state index contributed by atoms with van der Waals surface area (Å²) in [6.07, 6.45) is 1.01. The lowest BCUT2D eigenvalue weighted by atomic mass is 9.98. The fourth-order valence-corrected chi connectivity index (χ4v) is 2.72. The normalized spacial score (nSPS) is 16.0. The second kappa shape index (κ2) is 7.25.